The molecule has 0 aromatic carbocycles. The number of Topliss-reactive ketones (excluding diaryl/α,β-unsaturated/α-hetero) is 1. The van der Waals surface area contributed by atoms with Gasteiger partial charge in [-0.25, -0.2) is 0 Å². The van der Waals surface area contributed by atoms with Gasteiger partial charge in [0, 0.05) is 11.3 Å². The third-order valence-corrected chi connectivity index (χ3v) is 3.33. The van der Waals surface area contributed by atoms with E-state index < -0.39 is 0 Å². The standard InChI is InChI=1S/C15H18N2O3/c1-8-13(11(4)18)10(3)16-14(8)15(19)17-9(2)12-6-5-7-20-12/h5-7,9,16H,1-4H3,(H,17,19). The Hall–Kier alpha value is -2.30. The number of rotatable bonds is 4. The fourth-order valence-corrected chi connectivity index (χ4v) is 2.38. The molecule has 2 heterocycles. The average molecular weight is 274 g/mol. The third kappa shape index (κ3) is 2.52. The van der Waals surface area contributed by atoms with Crippen molar-refractivity contribution in [1.82, 2.24) is 10.3 Å². The Morgan fingerprint density at radius 1 is 1.35 bits per heavy atom. The summed E-state index contributed by atoms with van der Waals surface area (Å²) in [6.45, 7) is 6.90. The van der Waals surface area contributed by atoms with Crippen LogP contribution in [0, 0.1) is 13.8 Å². The number of aryl methyl sites for hydroxylation is 1. The molecule has 0 saturated carbocycles. The van der Waals surface area contributed by atoms with E-state index >= 15 is 0 Å². The fraction of sp³-hybridized carbons (Fsp3) is 0.333. The van der Waals surface area contributed by atoms with Gasteiger partial charge in [-0.2, -0.15) is 0 Å². The highest BCUT2D eigenvalue weighted by molar-refractivity contribution is 6.02. The molecule has 0 bridgehead atoms. The minimum Gasteiger partial charge on any atom is -0.467 e. The predicted octanol–water partition coefficient (Wildman–Crippen LogP) is 2.92. The monoisotopic (exact) mass is 274 g/mol. The lowest BCUT2D eigenvalue weighted by molar-refractivity contribution is 0.0930. The summed E-state index contributed by atoms with van der Waals surface area (Å²) >= 11 is 0. The number of amides is 1. The summed E-state index contributed by atoms with van der Waals surface area (Å²) in [6.07, 6.45) is 1.57. The van der Waals surface area contributed by atoms with Crippen LogP contribution in [-0.4, -0.2) is 16.7 Å². The second-order valence-corrected chi connectivity index (χ2v) is 4.89. The Kier molecular flexibility index (Phi) is 3.79. The van der Waals surface area contributed by atoms with E-state index in [2.05, 4.69) is 10.3 Å². The van der Waals surface area contributed by atoms with Crippen molar-refractivity contribution >= 4 is 11.7 Å². The van der Waals surface area contributed by atoms with Gasteiger partial charge in [0.15, 0.2) is 5.78 Å². The molecule has 20 heavy (non-hydrogen) atoms. The van der Waals surface area contributed by atoms with Gasteiger partial charge < -0.3 is 14.7 Å². The maximum Gasteiger partial charge on any atom is 0.268 e. The van der Waals surface area contributed by atoms with E-state index in [9.17, 15) is 9.59 Å². The molecule has 2 aromatic rings. The maximum absolute atomic E-state index is 12.3. The lowest BCUT2D eigenvalue weighted by Crippen LogP contribution is -2.27. The van der Waals surface area contributed by atoms with Crippen LogP contribution >= 0.6 is 0 Å². The molecule has 0 aliphatic heterocycles. The van der Waals surface area contributed by atoms with Crippen LogP contribution in [0.1, 0.15) is 57.8 Å². The normalized spacial score (nSPS) is 12.2. The van der Waals surface area contributed by atoms with Crippen LogP contribution in [0.15, 0.2) is 22.8 Å². The molecule has 106 valence electrons. The second kappa shape index (κ2) is 5.36. The summed E-state index contributed by atoms with van der Waals surface area (Å²) in [5, 5.41) is 2.84. The van der Waals surface area contributed by atoms with Crippen LogP contribution in [0.5, 0.6) is 0 Å². The van der Waals surface area contributed by atoms with Crippen molar-refractivity contribution < 1.29 is 14.0 Å². The van der Waals surface area contributed by atoms with Gasteiger partial charge in [-0.3, -0.25) is 9.59 Å². The molecule has 0 saturated heterocycles. The molecule has 0 aliphatic carbocycles. The van der Waals surface area contributed by atoms with Crippen molar-refractivity contribution in [2.75, 3.05) is 0 Å². The molecule has 0 fully saturated rings. The number of carbonyl (C=O) groups excluding carboxylic acids is 2. The van der Waals surface area contributed by atoms with Gasteiger partial charge in [-0.1, -0.05) is 0 Å². The number of furan rings is 1. The number of hydrogen-bond acceptors (Lipinski definition) is 3. The smallest absolute Gasteiger partial charge is 0.268 e. The van der Waals surface area contributed by atoms with E-state index in [4.69, 9.17) is 4.42 Å². The van der Waals surface area contributed by atoms with Gasteiger partial charge in [0.1, 0.15) is 11.5 Å². The molecule has 5 nitrogen and oxygen atoms in total. The summed E-state index contributed by atoms with van der Waals surface area (Å²) in [7, 11) is 0. The zero-order valence-corrected chi connectivity index (χ0v) is 12.0. The first kappa shape index (κ1) is 14.1. The predicted molar refractivity (Wildman–Crippen MR) is 74.9 cm³/mol. The highest BCUT2D eigenvalue weighted by Crippen LogP contribution is 2.20. The molecular weight excluding hydrogens is 256 g/mol. The van der Waals surface area contributed by atoms with Gasteiger partial charge in [-0.05, 0) is 45.4 Å². The summed E-state index contributed by atoms with van der Waals surface area (Å²) in [4.78, 5) is 26.8. The number of hydrogen-bond donors (Lipinski definition) is 2. The molecule has 2 rings (SSSR count). The Morgan fingerprint density at radius 3 is 2.55 bits per heavy atom. The van der Waals surface area contributed by atoms with Crippen LogP contribution in [0.25, 0.3) is 0 Å². The second-order valence-electron chi connectivity index (χ2n) is 4.89. The van der Waals surface area contributed by atoms with Crippen LogP contribution in [0.2, 0.25) is 0 Å². The van der Waals surface area contributed by atoms with Crippen molar-refractivity contribution in [3.05, 3.63) is 46.7 Å². The van der Waals surface area contributed by atoms with E-state index in [0.29, 0.717) is 28.3 Å². The number of aromatic nitrogens is 1. The quantitative estimate of drug-likeness (QED) is 0.842. The molecule has 0 aliphatic rings. The summed E-state index contributed by atoms with van der Waals surface area (Å²) in [6, 6.07) is 3.34. The number of nitrogens with one attached hydrogen (secondary N) is 2. The molecule has 0 radical (unpaired) electrons. The van der Waals surface area contributed by atoms with Gasteiger partial charge >= 0.3 is 0 Å². The molecular formula is C15H18N2O3. The van der Waals surface area contributed by atoms with E-state index in [1.54, 1.807) is 32.2 Å². The summed E-state index contributed by atoms with van der Waals surface area (Å²) < 4.78 is 5.25. The molecule has 1 atom stereocenters. The number of ketones is 1. The number of aromatic amines is 1. The molecule has 2 aromatic heterocycles. The molecule has 5 heteroatoms. The summed E-state index contributed by atoms with van der Waals surface area (Å²) in [5.74, 6) is 0.391. The Labute approximate surface area is 117 Å². The van der Waals surface area contributed by atoms with Crippen molar-refractivity contribution in [2.24, 2.45) is 0 Å². The van der Waals surface area contributed by atoms with Crippen molar-refractivity contribution in [2.45, 2.75) is 33.7 Å². The van der Waals surface area contributed by atoms with Crippen LogP contribution < -0.4 is 5.32 Å². The zero-order chi connectivity index (χ0) is 14.9. The average Bonchev–Trinajstić information content (AvgIpc) is 2.97. The van der Waals surface area contributed by atoms with E-state index in [1.807, 2.05) is 6.92 Å². The lowest BCUT2D eigenvalue weighted by atomic mass is 10.1. The van der Waals surface area contributed by atoms with Crippen LogP contribution in [0.4, 0.5) is 0 Å². The highest BCUT2D eigenvalue weighted by Gasteiger charge is 2.21. The Morgan fingerprint density at radius 2 is 2.05 bits per heavy atom. The third-order valence-electron chi connectivity index (χ3n) is 3.33. The molecule has 2 N–H and O–H groups in total. The first-order valence-electron chi connectivity index (χ1n) is 6.46. The minimum atomic E-state index is -0.248. The highest BCUT2D eigenvalue weighted by atomic mass is 16.3. The molecule has 1 amide bonds. The first-order chi connectivity index (χ1) is 9.41. The first-order valence-corrected chi connectivity index (χ1v) is 6.46. The van der Waals surface area contributed by atoms with Crippen molar-refractivity contribution in [1.29, 1.82) is 0 Å². The molecule has 0 spiro atoms. The minimum absolute atomic E-state index is 0.0469. The van der Waals surface area contributed by atoms with Gasteiger partial charge in [0.2, 0.25) is 0 Å². The number of carbonyl (C=O) groups is 2. The Balaban J connectivity index is 2.22. The number of H-pyrrole nitrogens is 1. The van der Waals surface area contributed by atoms with Crippen molar-refractivity contribution in [3.8, 4) is 0 Å². The van der Waals surface area contributed by atoms with E-state index in [0.717, 1.165) is 0 Å². The summed E-state index contributed by atoms with van der Waals surface area (Å²) in [5.41, 5.74) is 2.40. The lowest BCUT2D eigenvalue weighted by Gasteiger charge is -2.11. The van der Waals surface area contributed by atoms with E-state index in [1.165, 1.54) is 6.92 Å². The van der Waals surface area contributed by atoms with Gasteiger partial charge in [0.25, 0.3) is 5.91 Å². The van der Waals surface area contributed by atoms with Gasteiger partial charge in [0.05, 0.1) is 12.3 Å². The van der Waals surface area contributed by atoms with E-state index in [-0.39, 0.29) is 17.7 Å². The van der Waals surface area contributed by atoms with Crippen LogP contribution in [-0.2, 0) is 0 Å². The zero-order valence-electron chi connectivity index (χ0n) is 12.0. The maximum atomic E-state index is 12.3. The van der Waals surface area contributed by atoms with Gasteiger partial charge in [-0.15, -0.1) is 0 Å². The topological polar surface area (TPSA) is 75.1 Å². The Bertz CT molecular complexity index is 638. The molecule has 1 unspecified atom stereocenters. The largest absolute Gasteiger partial charge is 0.467 e. The van der Waals surface area contributed by atoms with Crippen molar-refractivity contribution in [3.63, 3.8) is 0 Å². The van der Waals surface area contributed by atoms with Crippen LogP contribution in [0.3, 0.4) is 0 Å². The SMILES string of the molecule is CC(=O)c1c(C)[nH]c(C(=O)NC(C)c2ccco2)c1C. The fourth-order valence-electron chi connectivity index (χ4n) is 2.38.